The Morgan fingerprint density at radius 2 is 1.71 bits per heavy atom. The lowest BCUT2D eigenvalue weighted by molar-refractivity contribution is 0.512. The molecule has 1 aliphatic rings. The van der Waals surface area contributed by atoms with Crippen molar-refractivity contribution in [1.82, 2.24) is 0 Å². The zero-order valence-electron chi connectivity index (χ0n) is 10.4. The molecule has 0 heteroatoms. The van der Waals surface area contributed by atoms with E-state index < -0.39 is 0 Å². The molecule has 14 heavy (non-hydrogen) atoms. The first kappa shape index (κ1) is 11.6. The Labute approximate surface area is 89.1 Å². The summed E-state index contributed by atoms with van der Waals surface area (Å²) in [5.74, 6) is 0.832. The fourth-order valence-corrected chi connectivity index (χ4v) is 2.37. The summed E-state index contributed by atoms with van der Waals surface area (Å²) in [4.78, 5) is 0. The molecule has 0 radical (unpaired) electrons. The zero-order chi connectivity index (χ0) is 10.7. The van der Waals surface area contributed by atoms with Gasteiger partial charge in [0.1, 0.15) is 0 Å². The molecule has 0 aromatic carbocycles. The molecule has 0 aromatic heterocycles. The molecule has 0 saturated carbocycles. The molecule has 0 bridgehead atoms. The number of hydrogen-bond acceptors (Lipinski definition) is 0. The van der Waals surface area contributed by atoms with Crippen molar-refractivity contribution in [2.45, 2.75) is 60.3 Å². The van der Waals surface area contributed by atoms with Crippen LogP contribution in [0.4, 0.5) is 0 Å². The minimum absolute atomic E-state index is 0.832. The summed E-state index contributed by atoms with van der Waals surface area (Å²) in [6.07, 6.45) is 5.38. The number of hydrogen-bond donors (Lipinski definition) is 0. The fraction of sp³-hybridized carbons (Fsp3) is 0.714. The van der Waals surface area contributed by atoms with E-state index in [1.54, 1.807) is 16.7 Å². The Morgan fingerprint density at radius 1 is 1.07 bits per heavy atom. The van der Waals surface area contributed by atoms with E-state index in [0.717, 1.165) is 5.92 Å². The standard InChI is InChI=1S/C14H24/c1-6-7-8-14-9-10(2)11(3)12(4)13(14)5/h14H,6-9H2,1-5H3. The monoisotopic (exact) mass is 192 g/mol. The Balaban J connectivity index is 2.77. The van der Waals surface area contributed by atoms with E-state index in [-0.39, 0.29) is 0 Å². The average Bonchev–Trinajstić information content (AvgIpc) is 2.18. The molecule has 1 aliphatic carbocycles. The average molecular weight is 192 g/mol. The van der Waals surface area contributed by atoms with Crippen molar-refractivity contribution in [3.63, 3.8) is 0 Å². The van der Waals surface area contributed by atoms with E-state index >= 15 is 0 Å². The van der Waals surface area contributed by atoms with Crippen LogP contribution in [0.3, 0.4) is 0 Å². The third-order valence-electron chi connectivity index (χ3n) is 3.87. The van der Waals surface area contributed by atoms with Crippen LogP contribution in [0, 0.1) is 5.92 Å². The maximum Gasteiger partial charge on any atom is -0.0163 e. The van der Waals surface area contributed by atoms with Crippen molar-refractivity contribution in [3.05, 3.63) is 22.3 Å². The van der Waals surface area contributed by atoms with Crippen LogP contribution in [-0.4, -0.2) is 0 Å². The molecule has 80 valence electrons. The predicted molar refractivity (Wildman–Crippen MR) is 64.4 cm³/mol. The summed E-state index contributed by atoms with van der Waals surface area (Å²) in [6.45, 7) is 11.5. The van der Waals surface area contributed by atoms with E-state index in [0.29, 0.717) is 0 Å². The highest BCUT2D eigenvalue weighted by Crippen LogP contribution is 2.36. The molecule has 0 heterocycles. The first-order valence-corrected chi connectivity index (χ1v) is 5.92. The van der Waals surface area contributed by atoms with Crippen molar-refractivity contribution in [1.29, 1.82) is 0 Å². The molecule has 0 spiro atoms. The molecular weight excluding hydrogens is 168 g/mol. The third-order valence-corrected chi connectivity index (χ3v) is 3.87. The Kier molecular flexibility index (Phi) is 3.97. The van der Waals surface area contributed by atoms with Gasteiger partial charge >= 0.3 is 0 Å². The van der Waals surface area contributed by atoms with Gasteiger partial charge in [-0.3, -0.25) is 0 Å². The van der Waals surface area contributed by atoms with Crippen LogP contribution in [0.5, 0.6) is 0 Å². The lowest BCUT2D eigenvalue weighted by atomic mass is 9.78. The highest BCUT2D eigenvalue weighted by Gasteiger charge is 2.19. The molecule has 0 fully saturated rings. The van der Waals surface area contributed by atoms with Gasteiger partial charge in [-0.1, -0.05) is 30.9 Å². The quantitative estimate of drug-likeness (QED) is 0.598. The molecule has 1 unspecified atom stereocenters. The first-order valence-electron chi connectivity index (χ1n) is 5.92. The van der Waals surface area contributed by atoms with E-state index in [9.17, 15) is 0 Å². The number of unbranched alkanes of at least 4 members (excludes halogenated alkanes) is 1. The summed E-state index contributed by atoms with van der Waals surface area (Å²) >= 11 is 0. The van der Waals surface area contributed by atoms with Crippen molar-refractivity contribution in [2.24, 2.45) is 5.92 Å². The summed E-state index contributed by atoms with van der Waals surface area (Å²) < 4.78 is 0. The SMILES string of the molecule is CCCCC1CC(C)=C(C)C(C)=C1C. The lowest BCUT2D eigenvalue weighted by Gasteiger charge is -2.27. The number of rotatable bonds is 3. The van der Waals surface area contributed by atoms with Crippen LogP contribution in [-0.2, 0) is 0 Å². The van der Waals surface area contributed by atoms with E-state index in [4.69, 9.17) is 0 Å². The van der Waals surface area contributed by atoms with E-state index in [1.165, 1.54) is 31.3 Å². The molecule has 0 nitrogen and oxygen atoms in total. The Hall–Kier alpha value is -0.520. The summed E-state index contributed by atoms with van der Waals surface area (Å²) in [5.41, 5.74) is 6.33. The molecule has 0 aliphatic heterocycles. The van der Waals surface area contributed by atoms with Gasteiger partial charge in [0.2, 0.25) is 0 Å². The second-order valence-corrected chi connectivity index (χ2v) is 4.76. The van der Waals surface area contributed by atoms with Gasteiger partial charge in [0.25, 0.3) is 0 Å². The molecule has 1 atom stereocenters. The molecule has 0 saturated heterocycles. The molecule has 0 amide bonds. The van der Waals surface area contributed by atoms with E-state index in [2.05, 4.69) is 34.6 Å². The highest BCUT2D eigenvalue weighted by atomic mass is 14.2. The fourth-order valence-electron chi connectivity index (χ4n) is 2.37. The van der Waals surface area contributed by atoms with Gasteiger partial charge in [-0.25, -0.2) is 0 Å². The van der Waals surface area contributed by atoms with E-state index in [1.807, 2.05) is 0 Å². The molecule has 1 rings (SSSR count). The van der Waals surface area contributed by atoms with Crippen molar-refractivity contribution in [2.75, 3.05) is 0 Å². The van der Waals surface area contributed by atoms with Gasteiger partial charge in [0.05, 0.1) is 0 Å². The smallest absolute Gasteiger partial charge is 0.0163 e. The van der Waals surface area contributed by atoms with Gasteiger partial charge in [0, 0.05) is 0 Å². The maximum atomic E-state index is 2.33. The van der Waals surface area contributed by atoms with Crippen LogP contribution in [0.25, 0.3) is 0 Å². The van der Waals surface area contributed by atoms with Crippen molar-refractivity contribution >= 4 is 0 Å². The van der Waals surface area contributed by atoms with Crippen LogP contribution >= 0.6 is 0 Å². The van der Waals surface area contributed by atoms with Gasteiger partial charge in [-0.05, 0) is 57.6 Å². The second kappa shape index (κ2) is 4.82. The van der Waals surface area contributed by atoms with Crippen LogP contribution in [0.1, 0.15) is 60.3 Å². The maximum absolute atomic E-state index is 2.33. The zero-order valence-corrected chi connectivity index (χ0v) is 10.4. The van der Waals surface area contributed by atoms with Gasteiger partial charge in [0.15, 0.2) is 0 Å². The second-order valence-electron chi connectivity index (χ2n) is 4.76. The number of allylic oxidation sites excluding steroid dienone is 4. The van der Waals surface area contributed by atoms with Crippen LogP contribution in [0.2, 0.25) is 0 Å². The molecule has 0 N–H and O–H groups in total. The minimum atomic E-state index is 0.832. The predicted octanol–water partition coefficient (Wildman–Crippen LogP) is 4.87. The molecular formula is C14H24. The summed E-state index contributed by atoms with van der Waals surface area (Å²) in [5, 5.41) is 0. The normalized spacial score (nSPS) is 23.4. The summed E-state index contributed by atoms with van der Waals surface area (Å²) in [7, 11) is 0. The largest absolute Gasteiger partial charge is 0.0695 e. The Bertz CT molecular complexity index is 266. The minimum Gasteiger partial charge on any atom is -0.0695 e. The lowest BCUT2D eigenvalue weighted by Crippen LogP contribution is -2.11. The van der Waals surface area contributed by atoms with Crippen molar-refractivity contribution in [3.8, 4) is 0 Å². The van der Waals surface area contributed by atoms with Gasteiger partial charge < -0.3 is 0 Å². The topological polar surface area (TPSA) is 0 Å². The third kappa shape index (κ3) is 2.29. The van der Waals surface area contributed by atoms with Crippen LogP contribution < -0.4 is 0 Å². The first-order chi connectivity index (χ1) is 6.57. The Morgan fingerprint density at radius 3 is 2.29 bits per heavy atom. The van der Waals surface area contributed by atoms with Crippen molar-refractivity contribution < 1.29 is 0 Å². The molecule has 0 aromatic rings. The van der Waals surface area contributed by atoms with Gasteiger partial charge in [-0.15, -0.1) is 0 Å². The van der Waals surface area contributed by atoms with Gasteiger partial charge in [-0.2, -0.15) is 0 Å². The highest BCUT2D eigenvalue weighted by molar-refractivity contribution is 5.39. The summed E-state index contributed by atoms with van der Waals surface area (Å²) in [6, 6.07) is 0. The van der Waals surface area contributed by atoms with Crippen LogP contribution in [0.15, 0.2) is 22.3 Å².